The molecule has 0 N–H and O–H groups in total. The average molecular weight is 536 g/mol. The minimum Gasteiger partial charge on any atom is -0.317 e. The summed E-state index contributed by atoms with van der Waals surface area (Å²) in [6.07, 6.45) is 6.08. The van der Waals surface area contributed by atoms with Gasteiger partial charge in [0.1, 0.15) is 0 Å². The molecule has 42 heavy (non-hydrogen) atoms. The largest absolute Gasteiger partial charge is 0.317 e. The van der Waals surface area contributed by atoms with Crippen LogP contribution in [0.15, 0.2) is 152 Å². The zero-order valence-corrected chi connectivity index (χ0v) is 22.8. The van der Waals surface area contributed by atoms with Crippen LogP contribution in [0.5, 0.6) is 0 Å². The molecule has 3 heterocycles. The molecule has 0 aliphatic heterocycles. The summed E-state index contributed by atoms with van der Waals surface area (Å²) in [6, 6.07) is 48.0. The number of aromatic nitrogens is 3. The van der Waals surface area contributed by atoms with E-state index in [9.17, 15) is 0 Å². The van der Waals surface area contributed by atoms with Gasteiger partial charge in [-0.1, -0.05) is 84.9 Å². The first-order valence-electron chi connectivity index (χ1n) is 14.3. The first kappa shape index (κ1) is 23.1. The molecule has 0 spiro atoms. The molecule has 0 amide bonds. The molecule has 9 aromatic rings. The summed E-state index contributed by atoms with van der Waals surface area (Å²) in [4.78, 5) is 4.51. The molecule has 0 fully saturated rings. The van der Waals surface area contributed by atoms with Crippen LogP contribution in [-0.4, -0.2) is 14.1 Å². The first-order chi connectivity index (χ1) is 20.8. The van der Waals surface area contributed by atoms with Crippen LogP contribution in [0.25, 0.3) is 76.8 Å². The molecule has 9 rings (SSSR count). The summed E-state index contributed by atoms with van der Waals surface area (Å²) in [5.41, 5.74) is 8.28. The van der Waals surface area contributed by atoms with Gasteiger partial charge in [0.25, 0.3) is 0 Å². The molecule has 6 aromatic carbocycles. The quantitative estimate of drug-likeness (QED) is 0.221. The Balaban J connectivity index is 1.25. The minimum atomic E-state index is 1.15. The maximum atomic E-state index is 4.51. The predicted octanol–water partition coefficient (Wildman–Crippen LogP) is 10.1. The van der Waals surface area contributed by atoms with Crippen LogP contribution in [-0.2, 0) is 0 Å². The number of fused-ring (bicyclic) bond motifs is 8. The van der Waals surface area contributed by atoms with Crippen molar-refractivity contribution >= 4 is 54.3 Å². The SMILES string of the molecule is c1ccc(-n2ccc3c4ccc5c(c4ccc32)c2ccccc2n5-c2ccc(-c3cncc4ccccc34)cc2)cc1. The smallest absolute Gasteiger partial charge is 0.0547 e. The van der Waals surface area contributed by atoms with E-state index in [4.69, 9.17) is 0 Å². The molecule has 0 radical (unpaired) electrons. The summed E-state index contributed by atoms with van der Waals surface area (Å²) >= 11 is 0. The van der Waals surface area contributed by atoms with E-state index in [0.29, 0.717) is 0 Å². The van der Waals surface area contributed by atoms with Crippen molar-refractivity contribution in [2.24, 2.45) is 0 Å². The molecule has 0 atom stereocenters. The van der Waals surface area contributed by atoms with Crippen LogP contribution in [0.3, 0.4) is 0 Å². The summed E-state index contributed by atoms with van der Waals surface area (Å²) in [5.74, 6) is 0. The van der Waals surface area contributed by atoms with E-state index in [0.717, 1.165) is 16.6 Å². The van der Waals surface area contributed by atoms with Crippen LogP contribution in [0, 0.1) is 0 Å². The Morgan fingerprint density at radius 3 is 2.05 bits per heavy atom. The Hall–Kier alpha value is -5.67. The molecular formula is C39H25N3. The van der Waals surface area contributed by atoms with Crippen molar-refractivity contribution in [1.82, 2.24) is 14.1 Å². The zero-order chi connectivity index (χ0) is 27.6. The van der Waals surface area contributed by atoms with Gasteiger partial charge in [-0.2, -0.15) is 0 Å². The maximum Gasteiger partial charge on any atom is 0.0547 e. The van der Waals surface area contributed by atoms with Gasteiger partial charge < -0.3 is 9.13 Å². The number of rotatable bonds is 3. The van der Waals surface area contributed by atoms with Crippen molar-refractivity contribution < 1.29 is 0 Å². The molecule has 3 nitrogen and oxygen atoms in total. The van der Waals surface area contributed by atoms with Crippen molar-refractivity contribution in [1.29, 1.82) is 0 Å². The number of hydrogen-bond donors (Lipinski definition) is 0. The van der Waals surface area contributed by atoms with E-state index in [1.54, 1.807) is 0 Å². The van der Waals surface area contributed by atoms with Crippen LogP contribution >= 0.6 is 0 Å². The Bertz CT molecular complexity index is 2440. The highest BCUT2D eigenvalue weighted by molar-refractivity contribution is 6.25. The van der Waals surface area contributed by atoms with Gasteiger partial charge in [0, 0.05) is 57.1 Å². The van der Waals surface area contributed by atoms with Crippen molar-refractivity contribution in [2.75, 3.05) is 0 Å². The summed E-state index contributed by atoms with van der Waals surface area (Å²) in [7, 11) is 0. The number of pyridine rings is 1. The normalized spacial score (nSPS) is 11.8. The van der Waals surface area contributed by atoms with Gasteiger partial charge in [-0.15, -0.1) is 0 Å². The highest BCUT2D eigenvalue weighted by Crippen LogP contribution is 2.40. The second kappa shape index (κ2) is 8.92. The average Bonchev–Trinajstić information content (AvgIpc) is 3.65. The highest BCUT2D eigenvalue weighted by Gasteiger charge is 2.17. The summed E-state index contributed by atoms with van der Waals surface area (Å²) in [5, 5.41) is 8.75. The first-order valence-corrected chi connectivity index (χ1v) is 14.3. The molecular weight excluding hydrogens is 510 g/mol. The molecule has 0 saturated heterocycles. The summed E-state index contributed by atoms with van der Waals surface area (Å²) < 4.78 is 4.67. The molecule has 0 unspecified atom stereocenters. The van der Waals surface area contributed by atoms with Gasteiger partial charge in [-0.05, 0) is 70.3 Å². The third kappa shape index (κ3) is 3.31. The molecule has 0 aliphatic rings. The highest BCUT2D eigenvalue weighted by atomic mass is 15.0. The Morgan fingerprint density at radius 1 is 0.429 bits per heavy atom. The van der Waals surface area contributed by atoms with Crippen molar-refractivity contribution in [3.05, 3.63) is 152 Å². The van der Waals surface area contributed by atoms with Gasteiger partial charge >= 0.3 is 0 Å². The number of benzene rings is 6. The monoisotopic (exact) mass is 535 g/mol. The van der Waals surface area contributed by atoms with E-state index in [-0.39, 0.29) is 0 Å². The lowest BCUT2D eigenvalue weighted by Gasteiger charge is -2.11. The molecule has 0 aliphatic carbocycles. The molecule has 0 bridgehead atoms. The van der Waals surface area contributed by atoms with Crippen LogP contribution < -0.4 is 0 Å². The van der Waals surface area contributed by atoms with Gasteiger partial charge in [0.15, 0.2) is 0 Å². The predicted molar refractivity (Wildman–Crippen MR) is 176 cm³/mol. The second-order valence-electron chi connectivity index (χ2n) is 10.9. The Kier molecular flexibility index (Phi) is 4.90. The van der Waals surface area contributed by atoms with E-state index >= 15 is 0 Å². The second-order valence-corrected chi connectivity index (χ2v) is 10.9. The zero-order valence-electron chi connectivity index (χ0n) is 22.8. The lowest BCUT2D eigenvalue weighted by Crippen LogP contribution is -1.94. The Morgan fingerprint density at radius 2 is 1.17 bits per heavy atom. The van der Waals surface area contributed by atoms with Crippen LogP contribution in [0.4, 0.5) is 0 Å². The molecule has 3 aromatic heterocycles. The van der Waals surface area contributed by atoms with E-state index < -0.39 is 0 Å². The van der Waals surface area contributed by atoms with Gasteiger partial charge in [0.05, 0.1) is 16.6 Å². The van der Waals surface area contributed by atoms with E-state index in [2.05, 4.69) is 154 Å². The Labute approximate surface area is 242 Å². The topological polar surface area (TPSA) is 22.8 Å². The van der Waals surface area contributed by atoms with Crippen molar-refractivity contribution in [3.8, 4) is 22.5 Å². The lowest BCUT2D eigenvalue weighted by atomic mass is 10.0. The van der Waals surface area contributed by atoms with Gasteiger partial charge in [0.2, 0.25) is 0 Å². The summed E-state index contributed by atoms with van der Waals surface area (Å²) in [6.45, 7) is 0. The molecule has 3 heteroatoms. The van der Waals surface area contributed by atoms with Crippen molar-refractivity contribution in [2.45, 2.75) is 0 Å². The van der Waals surface area contributed by atoms with Gasteiger partial charge in [-0.25, -0.2) is 0 Å². The molecule has 196 valence electrons. The van der Waals surface area contributed by atoms with Crippen LogP contribution in [0.2, 0.25) is 0 Å². The lowest BCUT2D eigenvalue weighted by molar-refractivity contribution is 1.13. The fourth-order valence-electron chi connectivity index (χ4n) is 6.73. The van der Waals surface area contributed by atoms with Crippen LogP contribution in [0.1, 0.15) is 0 Å². The third-order valence-electron chi connectivity index (χ3n) is 8.64. The standard InChI is InChI=1S/C39H25N3/c1-2-9-28(10-3-1)41-23-22-32-31-18-21-38-39(33(31)19-20-36(32)41)34-12-6-7-13-37(34)42(38)29-16-14-26(15-17-29)35-25-40-24-27-8-4-5-11-30(27)35/h1-25H. The number of para-hydroxylation sites is 2. The van der Waals surface area contributed by atoms with E-state index in [1.807, 2.05) is 12.4 Å². The third-order valence-corrected chi connectivity index (χ3v) is 8.64. The number of nitrogens with zero attached hydrogens (tertiary/aromatic N) is 3. The number of hydrogen-bond acceptors (Lipinski definition) is 1. The van der Waals surface area contributed by atoms with E-state index in [1.165, 1.54) is 60.1 Å². The molecule has 0 saturated carbocycles. The maximum absolute atomic E-state index is 4.51. The van der Waals surface area contributed by atoms with Gasteiger partial charge in [-0.3, -0.25) is 4.98 Å². The fraction of sp³-hybridized carbons (Fsp3) is 0. The minimum absolute atomic E-state index is 1.15. The fourth-order valence-corrected chi connectivity index (χ4v) is 6.73. The van der Waals surface area contributed by atoms with Crippen molar-refractivity contribution in [3.63, 3.8) is 0 Å².